The van der Waals surface area contributed by atoms with E-state index in [-0.39, 0.29) is 11.6 Å². The molecule has 2 aromatic heterocycles. The fourth-order valence-corrected chi connectivity index (χ4v) is 4.26. The number of carbonyl (C=O) groups is 2. The number of carbonyl (C=O) groups excluding carboxylic acids is 2. The number of nitrogens with zero attached hydrogens (tertiary/aromatic N) is 1. The van der Waals surface area contributed by atoms with E-state index < -0.39 is 0 Å². The van der Waals surface area contributed by atoms with Crippen molar-refractivity contribution in [3.63, 3.8) is 0 Å². The molecule has 0 aliphatic carbocycles. The van der Waals surface area contributed by atoms with Crippen LogP contribution in [0, 0.1) is 0 Å². The third kappa shape index (κ3) is 2.68. The lowest BCUT2D eigenvalue weighted by Crippen LogP contribution is -2.02. The number of aromatic nitrogens is 2. The van der Waals surface area contributed by atoms with Crippen LogP contribution in [0.1, 0.15) is 39.2 Å². The number of H-pyrrole nitrogens is 1. The number of ketones is 2. The molecule has 0 spiro atoms. The van der Waals surface area contributed by atoms with E-state index >= 15 is 0 Å². The van der Waals surface area contributed by atoms with Gasteiger partial charge in [0.05, 0.1) is 11.1 Å². The van der Waals surface area contributed by atoms with Gasteiger partial charge in [0.2, 0.25) is 5.78 Å². The Morgan fingerprint density at radius 3 is 2.82 bits per heavy atom. The number of aromatic amines is 1. The maximum absolute atomic E-state index is 12.7. The maximum atomic E-state index is 12.7. The monoisotopic (exact) mass is 440 g/mol. The van der Waals surface area contributed by atoms with Crippen molar-refractivity contribution in [1.29, 1.82) is 0 Å². The van der Waals surface area contributed by atoms with Gasteiger partial charge in [-0.2, -0.15) is 0 Å². The second kappa shape index (κ2) is 6.06. The molecule has 0 unspecified atom stereocenters. The fourth-order valence-electron chi connectivity index (χ4n) is 2.15. The second-order valence-electron chi connectivity index (χ2n) is 4.66. The number of nitrogens with one attached hydrogen (secondary N) is 1. The molecule has 0 saturated heterocycles. The molecule has 1 aromatic carbocycles. The number of fused-ring (bicyclic) bond motifs is 1. The Hall–Kier alpha value is -1.31. The smallest absolute Gasteiger partial charge is 0.223 e. The normalized spacial score (nSPS) is 11.0. The summed E-state index contributed by atoms with van der Waals surface area (Å²) in [6.07, 6.45) is 2.05. The third-order valence-corrected chi connectivity index (χ3v) is 5.18. The largest absolute Gasteiger partial charge is 0.360 e. The molecule has 0 fully saturated rings. The minimum absolute atomic E-state index is 0.0558. The first-order chi connectivity index (χ1) is 10.5. The Labute approximate surface area is 147 Å². The average Bonchev–Trinajstić information content (AvgIpc) is 3.12. The van der Waals surface area contributed by atoms with Gasteiger partial charge in [-0.05, 0) is 28.1 Å². The van der Waals surface area contributed by atoms with Crippen LogP contribution >= 0.6 is 43.2 Å². The standard InChI is InChI=1S/C15H10Br2N2O2S/c1-2-12(20)11-6-22-15(19-11)14(21)9-5-18-13-8(9)3-7(16)4-10(13)17/h3-6,18H,2H2,1H3. The summed E-state index contributed by atoms with van der Waals surface area (Å²) in [4.78, 5) is 31.6. The summed E-state index contributed by atoms with van der Waals surface area (Å²) >= 11 is 8.09. The van der Waals surface area contributed by atoms with Crippen LogP contribution in [0.3, 0.4) is 0 Å². The molecule has 3 rings (SSSR count). The highest BCUT2D eigenvalue weighted by atomic mass is 79.9. The van der Waals surface area contributed by atoms with E-state index in [1.54, 1.807) is 18.5 Å². The van der Waals surface area contributed by atoms with Gasteiger partial charge < -0.3 is 4.98 Å². The lowest BCUT2D eigenvalue weighted by atomic mass is 10.1. The zero-order chi connectivity index (χ0) is 15.9. The van der Waals surface area contributed by atoms with Crippen molar-refractivity contribution in [2.24, 2.45) is 0 Å². The summed E-state index contributed by atoms with van der Waals surface area (Å²) in [6.45, 7) is 1.78. The van der Waals surface area contributed by atoms with Gasteiger partial charge in [0.1, 0.15) is 5.69 Å². The van der Waals surface area contributed by atoms with E-state index in [0.717, 1.165) is 19.8 Å². The highest BCUT2D eigenvalue weighted by Crippen LogP contribution is 2.31. The molecule has 3 aromatic rings. The molecule has 0 amide bonds. The Kier molecular flexibility index (Phi) is 4.29. The molecule has 0 atom stereocenters. The van der Waals surface area contributed by atoms with Crippen molar-refractivity contribution in [3.8, 4) is 0 Å². The van der Waals surface area contributed by atoms with Crippen LogP contribution in [0.4, 0.5) is 0 Å². The molecule has 4 nitrogen and oxygen atoms in total. The van der Waals surface area contributed by atoms with Gasteiger partial charge in [0, 0.05) is 32.3 Å². The van der Waals surface area contributed by atoms with Crippen molar-refractivity contribution in [1.82, 2.24) is 9.97 Å². The Morgan fingerprint density at radius 2 is 2.09 bits per heavy atom. The number of Topliss-reactive ketones (excluding diaryl/α,β-unsaturated/α-hetero) is 1. The molecular formula is C15H10Br2N2O2S. The van der Waals surface area contributed by atoms with Gasteiger partial charge in [-0.3, -0.25) is 9.59 Å². The molecule has 1 N–H and O–H groups in total. The van der Waals surface area contributed by atoms with E-state index in [1.807, 2.05) is 12.1 Å². The Bertz CT molecular complexity index is 898. The van der Waals surface area contributed by atoms with Gasteiger partial charge in [0.25, 0.3) is 0 Å². The van der Waals surface area contributed by atoms with Gasteiger partial charge in [-0.25, -0.2) is 4.98 Å². The number of hydrogen-bond acceptors (Lipinski definition) is 4. The molecule has 22 heavy (non-hydrogen) atoms. The second-order valence-corrected chi connectivity index (χ2v) is 7.28. The van der Waals surface area contributed by atoms with Crippen molar-refractivity contribution in [3.05, 3.63) is 48.9 Å². The van der Waals surface area contributed by atoms with Crippen LogP contribution in [-0.4, -0.2) is 21.5 Å². The number of benzene rings is 1. The van der Waals surface area contributed by atoms with Gasteiger partial charge >= 0.3 is 0 Å². The minimum Gasteiger partial charge on any atom is -0.360 e. The summed E-state index contributed by atoms with van der Waals surface area (Å²) in [5, 5.41) is 2.78. The number of rotatable bonds is 4. The number of thiazole rings is 1. The molecule has 0 bridgehead atoms. The van der Waals surface area contributed by atoms with Crippen LogP contribution in [0.25, 0.3) is 10.9 Å². The summed E-state index contributed by atoms with van der Waals surface area (Å²) in [7, 11) is 0. The van der Waals surface area contributed by atoms with Gasteiger partial charge in [-0.1, -0.05) is 22.9 Å². The van der Waals surface area contributed by atoms with E-state index in [2.05, 4.69) is 41.8 Å². The van der Waals surface area contributed by atoms with Crippen molar-refractivity contribution < 1.29 is 9.59 Å². The van der Waals surface area contributed by atoms with Crippen molar-refractivity contribution >= 4 is 65.7 Å². The molecule has 7 heteroatoms. The summed E-state index contributed by atoms with van der Waals surface area (Å²) in [5.41, 5.74) is 1.76. The molecular weight excluding hydrogens is 432 g/mol. The fraction of sp³-hybridized carbons (Fsp3) is 0.133. The van der Waals surface area contributed by atoms with Crippen molar-refractivity contribution in [2.45, 2.75) is 13.3 Å². The van der Waals surface area contributed by atoms with Crippen molar-refractivity contribution in [2.75, 3.05) is 0 Å². The molecule has 112 valence electrons. The van der Waals surface area contributed by atoms with E-state index in [0.29, 0.717) is 22.7 Å². The van der Waals surface area contributed by atoms with E-state index in [1.165, 1.54) is 11.3 Å². The topological polar surface area (TPSA) is 62.8 Å². The number of halogens is 2. The summed E-state index contributed by atoms with van der Waals surface area (Å²) in [6, 6.07) is 3.80. The molecule has 0 aliphatic rings. The average molecular weight is 442 g/mol. The highest BCUT2D eigenvalue weighted by molar-refractivity contribution is 9.11. The van der Waals surface area contributed by atoms with Crippen LogP contribution < -0.4 is 0 Å². The third-order valence-electron chi connectivity index (χ3n) is 3.26. The minimum atomic E-state index is -0.184. The Balaban J connectivity index is 2.06. The molecule has 0 saturated carbocycles. The van der Waals surface area contributed by atoms with Gasteiger partial charge in [-0.15, -0.1) is 11.3 Å². The van der Waals surface area contributed by atoms with Crippen LogP contribution in [0.5, 0.6) is 0 Å². The summed E-state index contributed by atoms with van der Waals surface area (Å²) in [5.74, 6) is -0.240. The molecule has 0 radical (unpaired) electrons. The molecule has 2 heterocycles. The first-order valence-electron chi connectivity index (χ1n) is 6.50. The van der Waals surface area contributed by atoms with E-state index in [9.17, 15) is 9.59 Å². The highest BCUT2D eigenvalue weighted by Gasteiger charge is 2.20. The van der Waals surface area contributed by atoms with Gasteiger partial charge in [0.15, 0.2) is 10.8 Å². The summed E-state index contributed by atoms with van der Waals surface area (Å²) < 4.78 is 1.75. The zero-order valence-electron chi connectivity index (χ0n) is 11.4. The quantitative estimate of drug-likeness (QED) is 0.581. The predicted molar refractivity (Wildman–Crippen MR) is 93.9 cm³/mol. The first-order valence-corrected chi connectivity index (χ1v) is 8.97. The molecule has 0 aliphatic heterocycles. The first kappa shape index (κ1) is 15.6. The van der Waals surface area contributed by atoms with Crippen LogP contribution in [0.2, 0.25) is 0 Å². The zero-order valence-corrected chi connectivity index (χ0v) is 15.4. The predicted octanol–water partition coefficient (Wildman–Crippen LogP) is 4.97. The van der Waals surface area contributed by atoms with Crippen LogP contribution in [0.15, 0.2) is 32.7 Å². The lowest BCUT2D eigenvalue weighted by molar-refractivity contribution is 0.0984. The Morgan fingerprint density at radius 1 is 1.32 bits per heavy atom. The lowest BCUT2D eigenvalue weighted by Gasteiger charge is -1.99. The van der Waals surface area contributed by atoms with E-state index in [4.69, 9.17) is 0 Å². The number of hydrogen-bond donors (Lipinski definition) is 1. The maximum Gasteiger partial charge on any atom is 0.223 e. The van der Waals surface area contributed by atoms with Crippen LogP contribution in [-0.2, 0) is 0 Å². The SMILES string of the molecule is CCC(=O)c1csc(C(=O)c2c[nH]c3c(Br)cc(Br)cc23)n1.